The maximum atomic E-state index is 12.7. The number of hydrogen-bond donors (Lipinski definition) is 3. The van der Waals surface area contributed by atoms with Crippen LogP contribution in [0.3, 0.4) is 0 Å². The van der Waals surface area contributed by atoms with Gasteiger partial charge in [-0.15, -0.1) is 0 Å². The van der Waals surface area contributed by atoms with E-state index in [-0.39, 0.29) is 29.0 Å². The fraction of sp³-hybridized carbons (Fsp3) is 0.192. The summed E-state index contributed by atoms with van der Waals surface area (Å²) in [4.78, 5) is 35.8. The third-order valence-corrected chi connectivity index (χ3v) is 6.76. The van der Waals surface area contributed by atoms with Crippen LogP contribution in [0.25, 0.3) is 0 Å². The van der Waals surface area contributed by atoms with Gasteiger partial charge in [-0.1, -0.05) is 37.3 Å². The number of hydrogen-bond acceptors (Lipinski definition) is 5. The van der Waals surface area contributed by atoms with Crippen LogP contribution in [0.1, 0.15) is 52.1 Å². The van der Waals surface area contributed by atoms with Gasteiger partial charge in [-0.3, -0.25) is 14.4 Å². The molecule has 0 saturated carbocycles. The number of nitrogens with one attached hydrogen (secondary N) is 3. The number of rotatable bonds is 9. The van der Waals surface area contributed by atoms with Gasteiger partial charge in [0.1, 0.15) is 0 Å². The maximum absolute atomic E-state index is 12.7. The summed E-state index contributed by atoms with van der Waals surface area (Å²) in [6.07, 6.45) is 0.351. The molecule has 0 unspecified atom stereocenters. The van der Waals surface area contributed by atoms with Crippen LogP contribution in [0.5, 0.6) is 0 Å². The Morgan fingerprint density at radius 1 is 0.829 bits per heavy atom. The van der Waals surface area contributed by atoms with Crippen LogP contribution in [0, 0.1) is 6.92 Å². The van der Waals surface area contributed by atoms with Crippen molar-refractivity contribution in [1.29, 1.82) is 0 Å². The number of sulfonamides is 1. The second-order valence-corrected chi connectivity index (χ2v) is 9.75. The average molecular weight is 494 g/mol. The molecular weight excluding hydrogens is 466 g/mol. The van der Waals surface area contributed by atoms with Gasteiger partial charge in [-0.05, 0) is 61.4 Å². The van der Waals surface area contributed by atoms with Crippen molar-refractivity contribution in [2.75, 3.05) is 10.6 Å². The fourth-order valence-corrected chi connectivity index (χ4v) is 4.20. The molecule has 3 N–H and O–H groups in total. The van der Waals surface area contributed by atoms with Crippen molar-refractivity contribution in [3.8, 4) is 0 Å². The van der Waals surface area contributed by atoms with Crippen molar-refractivity contribution in [3.63, 3.8) is 0 Å². The predicted molar refractivity (Wildman–Crippen MR) is 135 cm³/mol. The second kappa shape index (κ2) is 11.1. The van der Waals surface area contributed by atoms with Crippen molar-refractivity contribution < 1.29 is 22.8 Å². The molecule has 182 valence electrons. The molecule has 9 heteroatoms. The summed E-state index contributed by atoms with van der Waals surface area (Å²) in [5.41, 5.74) is 3.53. The van der Waals surface area contributed by atoms with Gasteiger partial charge in [0.15, 0.2) is 5.78 Å². The van der Waals surface area contributed by atoms with Gasteiger partial charge in [0.05, 0.1) is 4.90 Å². The van der Waals surface area contributed by atoms with Crippen LogP contribution in [-0.4, -0.2) is 26.0 Å². The lowest BCUT2D eigenvalue weighted by atomic mass is 10.1. The Labute approximate surface area is 204 Å². The average Bonchev–Trinajstić information content (AvgIpc) is 2.85. The molecule has 3 aromatic carbocycles. The lowest BCUT2D eigenvalue weighted by Crippen LogP contribution is -2.23. The summed E-state index contributed by atoms with van der Waals surface area (Å²) in [7, 11) is -3.76. The first kappa shape index (κ1) is 25.8. The maximum Gasteiger partial charge on any atom is 0.255 e. The zero-order chi connectivity index (χ0) is 25.6. The molecule has 0 aliphatic rings. The number of amides is 2. The van der Waals surface area contributed by atoms with Gasteiger partial charge in [0, 0.05) is 35.5 Å². The normalized spacial score (nSPS) is 11.1. The van der Waals surface area contributed by atoms with Crippen molar-refractivity contribution in [1.82, 2.24) is 4.72 Å². The van der Waals surface area contributed by atoms with Gasteiger partial charge in [-0.2, -0.15) is 0 Å². The van der Waals surface area contributed by atoms with E-state index in [1.54, 1.807) is 43.3 Å². The molecule has 0 heterocycles. The molecule has 35 heavy (non-hydrogen) atoms. The molecule has 0 fully saturated rings. The van der Waals surface area contributed by atoms with Gasteiger partial charge >= 0.3 is 0 Å². The first-order valence-electron chi connectivity index (χ1n) is 11.0. The number of aryl methyl sites for hydroxylation is 1. The summed E-state index contributed by atoms with van der Waals surface area (Å²) in [6.45, 7) is 5.06. The smallest absolute Gasteiger partial charge is 0.255 e. The van der Waals surface area contributed by atoms with E-state index < -0.39 is 10.0 Å². The van der Waals surface area contributed by atoms with E-state index in [2.05, 4.69) is 15.4 Å². The van der Waals surface area contributed by atoms with E-state index in [0.29, 0.717) is 34.5 Å². The van der Waals surface area contributed by atoms with E-state index in [4.69, 9.17) is 0 Å². The predicted octanol–water partition coefficient (Wildman–Crippen LogP) is 4.28. The van der Waals surface area contributed by atoms with E-state index in [0.717, 1.165) is 5.56 Å². The second-order valence-electron chi connectivity index (χ2n) is 7.99. The molecule has 0 bridgehead atoms. The Bertz CT molecular complexity index is 1350. The van der Waals surface area contributed by atoms with Crippen molar-refractivity contribution in [2.45, 2.75) is 38.6 Å². The largest absolute Gasteiger partial charge is 0.326 e. The summed E-state index contributed by atoms with van der Waals surface area (Å²) >= 11 is 0. The summed E-state index contributed by atoms with van der Waals surface area (Å²) in [6, 6.07) is 17.6. The first-order valence-corrected chi connectivity index (χ1v) is 12.5. The number of anilines is 2. The number of Topliss-reactive ketones (excluding diaryl/α,β-unsaturated/α-hetero) is 1. The molecule has 0 spiro atoms. The summed E-state index contributed by atoms with van der Waals surface area (Å²) in [5, 5.41) is 5.61. The van der Waals surface area contributed by atoms with E-state index in [9.17, 15) is 22.8 Å². The molecule has 0 radical (unpaired) electrons. The fourth-order valence-electron chi connectivity index (χ4n) is 3.18. The van der Waals surface area contributed by atoms with E-state index in [1.165, 1.54) is 31.2 Å². The van der Waals surface area contributed by atoms with Crippen LogP contribution in [0.2, 0.25) is 0 Å². The molecule has 2 amide bonds. The highest BCUT2D eigenvalue weighted by atomic mass is 32.2. The van der Waals surface area contributed by atoms with E-state index in [1.807, 2.05) is 13.0 Å². The van der Waals surface area contributed by atoms with Gasteiger partial charge in [0.25, 0.3) is 5.91 Å². The lowest BCUT2D eigenvalue weighted by molar-refractivity contribution is -0.115. The molecule has 3 rings (SSSR count). The van der Waals surface area contributed by atoms with Gasteiger partial charge in [-0.25, -0.2) is 13.1 Å². The number of carbonyl (C=O) groups is 3. The highest BCUT2D eigenvalue weighted by Crippen LogP contribution is 2.21. The molecular formula is C26H27N3O5S. The van der Waals surface area contributed by atoms with Crippen LogP contribution in [-0.2, 0) is 21.4 Å². The van der Waals surface area contributed by atoms with Gasteiger partial charge < -0.3 is 10.6 Å². The third-order valence-electron chi connectivity index (χ3n) is 5.34. The van der Waals surface area contributed by atoms with Crippen molar-refractivity contribution in [2.24, 2.45) is 0 Å². The zero-order valence-electron chi connectivity index (χ0n) is 19.7. The zero-order valence-corrected chi connectivity index (χ0v) is 20.5. The minimum absolute atomic E-state index is 0.0387. The van der Waals surface area contributed by atoms with Crippen molar-refractivity contribution >= 4 is 39.0 Å². The molecule has 0 atom stereocenters. The number of benzene rings is 3. The first-order chi connectivity index (χ1) is 16.6. The Hall–Kier alpha value is -3.82. The lowest BCUT2D eigenvalue weighted by Gasteiger charge is -2.12. The van der Waals surface area contributed by atoms with Crippen LogP contribution in [0.15, 0.2) is 71.6 Å². The quantitative estimate of drug-likeness (QED) is 0.384. The highest BCUT2D eigenvalue weighted by molar-refractivity contribution is 7.89. The summed E-state index contributed by atoms with van der Waals surface area (Å²) in [5.74, 6) is -0.590. The van der Waals surface area contributed by atoms with Crippen molar-refractivity contribution in [3.05, 3.63) is 89.0 Å². The number of ketones is 1. The molecule has 0 aliphatic carbocycles. The summed E-state index contributed by atoms with van der Waals surface area (Å²) < 4.78 is 27.6. The van der Waals surface area contributed by atoms with Crippen LogP contribution in [0.4, 0.5) is 11.4 Å². The topological polar surface area (TPSA) is 121 Å². The minimum Gasteiger partial charge on any atom is -0.326 e. The Kier molecular flexibility index (Phi) is 8.16. The van der Waals surface area contributed by atoms with E-state index >= 15 is 0 Å². The van der Waals surface area contributed by atoms with Gasteiger partial charge in [0.2, 0.25) is 15.9 Å². The molecule has 0 aliphatic heterocycles. The minimum atomic E-state index is -3.76. The number of carbonyl (C=O) groups excluding carboxylic acids is 3. The van der Waals surface area contributed by atoms with Crippen LogP contribution >= 0.6 is 0 Å². The standard InChI is InChI=1S/C26H27N3O5S/c1-4-25(31)28-22-12-5-17(2)24(15-22)29-26(32)21-8-6-19(7-9-21)16-27-35(33,34)23-13-10-20(11-14-23)18(3)30/h5-15,27H,4,16H2,1-3H3,(H,28,31)(H,29,32). The monoisotopic (exact) mass is 493 g/mol. The Morgan fingerprint density at radius 2 is 1.46 bits per heavy atom. The molecule has 3 aromatic rings. The van der Waals surface area contributed by atoms with Crippen LogP contribution < -0.4 is 15.4 Å². The SMILES string of the molecule is CCC(=O)Nc1ccc(C)c(NC(=O)c2ccc(CNS(=O)(=O)c3ccc(C(C)=O)cc3)cc2)c1. The Morgan fingerprint density at radius 3 is 2.06 bits per heavy atom. The molecule has 0 aromatic heterocycles. The molecule has 0 saturated heterocycles. The highest BCUT2D eigenvalue weighted by Gasteiger charge is 2.15. The molecule has 8 nitrogen and oxygen atoms in total. The Balaban J connectivity index is 1.63. The third kappa shape index (κ3) is 6.84.